The van der Waals surface area contributed by atoms with Crippen LogP contribution in [0.5, 0.6) is 5.75 Å². The number of hydrogen-bond donors (Lipinski definition) is 1. The molecule has 1 fully saturated rings. The van der Waals surface area contributed by atoms with Gasteiger partial charge in [-0.25, -0.2) is 0 Å². The maximum atomic E-state index is 12.9. The molecular weight excluding hydrogens is 420 g/mol. The van der Waals surface area contributed by atoms with E-state index >= 15 is 0 Å². The topological polar surface area (TPSA) is 97.1 Å². The minimum Gasteiger partial charge on any atom is -0.490 e. The fraction of sp³-hybridized carbons (Fsp3) is 0.360. The Morgan fingerprint density at radius 1 is 1.15 bits per heavy atom. The summed E-state index contributed by atoms with van der Waals surface area (Å²) >= 11 is 0. The van der Waals surface area contributed by atoms with Crippen LogP contribution < -0.4 is 15.0 Å². The highest BCUT2D eigenvalue weighted by Gasteiger charge is 2.31. The number of allylic oxidation sites excluding steroid dienone is 2. The van der Waals surface area contributed by atoms with Crippen molar-refractivity contribution < 1.29 is 14.5 Å². The van der Waals surface area contributed by atoms with E-state index in [0.29, 0.717) is 12.8 Å². The molecule has 3 aliphatic rings. The van der Waals surface area contributed by atoms with E-state index in [1.807, 2.05) is 12.1 Å². The summed E-state index contributed by atoms with van der Waals surface area (Å²) in [5.74, 6) is -0.146. The second kappa shape index (κ2) is 8.69. The van der Waals surface area contributed by atoms with Gasteiger partial charge in [0.25, 0.3) is 0 Å². The SMILES string of the molecule is COc1cc(C2=CC3=Nc4cc(N5CCCCC5)ccc4NC(=O)C3CC2)ccc1[N+](=O)[O-]. The molecule has 1 atom stereocenters. The summed E-state index contributed by atoms with van der Waals surface area (Å²) in [6, 6.07) is 10.9. The standard InChI is InChI=1S/C25H26N4O4/c1-33-24-14-17(6-10-23(24)29(31)32)16-5-8-19-21(13-16)26-22-15-18(28-11-3-2-4-12-28)7-9-20(22)27-25(19)30/h6-7,9-10,13-15,19H,2-5,8,11-12H2,1H3,(H,27,30). The molecule has 2 aromatic rings. The van der Waals surface area contributed by atoms with E-state index in [-0.39, 0.29) is 23.3 Å². The van der Waals surface area contributed by atoms with Crippen molar-refractivity contribution in [3.8, 4) is 5.75 Å². The number of piperidine rings is 1. The van der Waals surface area contributed by atoms with Crippen LogP contribution in [0, 0.1) is 16.0 Å². The number of nitro benzene ring substituents is 1. The van der Waals surface area contributed by atoms with Crippen molar-refractivity contribution in [3.05, 3.63) is 58.2 Å². The molecule has 0 spiro atoms. The van der Waals surface area contributed by atoms with Gasteiger partial charge < -0.3 is 15.0 Å². The number of methoxy groups -OCH3 is 1. The van der Waals surface area contributed by atoms with Crippen LogP contribution in [0.15, 0.2) is 47.5 Å². The molecule has 33 heavy (non-hydrogen) atoms. The van der Waals surface area contributed by atoms with E-state index in [1.165, 1.54) is 32.4 Å². The Kier molecular flexibility index (Phi) is 5.58. The molecule has 0 saturated carbocycles. The van der Waals surface area contributed by atoms with Crippen LogP contribution in [-0.4, -0.2) is 36.7 Å². The van der Waals surface area contributed by atoms with Crippen molar-refractivity contribution in [2.75, 3.05) is 30.4 Å². The van der Waals surface area contributed by atoms with Crippen LogP contribution in [0.1, 0.15) is 37.7 Å². The maximum absolute atomic E-state index is 12.9. The first-order valence-electron chi connectivity index (χ1n) is 11.4. The largest absolute Gasteiger partial charge is 0.490 e. The predicted octanol–water partition coefficient (Wildman–Crippen LogP) is 5.11. The lowest BCUT2D eigenvalue weighted by molar-refractivity contribution is -0.385. The van der Waals surface area contributed by atoms with Gasteiger partial charge in [-0.15, -0.1) is 0 Å². The number of nitrogens with one attached hydrogen (secondary N) is 1. The number of carbonyl (C=O) groups excluding carboxylic acids is 1. The summed E-state index contributed by atoms with van der Waals surface area (Å²) in [5, 5.41) is 14.3. The number of nitrogens with zero attached hydrogens (tertiary/aromatic N) is 3. The van der Waals surface area contributed by atoms with Crippen LogP contribution in [0.25, 0.3) is 5.57 Å². The lowest BCUT2D eigenvalue weighted by Crippen LogP contribution is -2.29. The van der Waals surface area contributed by atoms with E-state index in [1.54, 1.807) is 12.1 Å². The number of ether oxygens (including phenoxy) is 1. The number of anilines is 2. The van der Waals surface area contributed by atoms with Gasteiger partial charge in [0.15, 0.2) is 5.75 Å². The monoisotopic (exact) mass is 446 g/mol. The van der Waals surface area contributed by atoms with Crippen LogP contribution in [0.4, 0.5) is 22.7 Å². The van der Waals surface area contributed by atoms with Crippen LogP contribution >= 0.6 is 0 Å². The van der Waals surface area contributed by atoms with Gasteiger partial charge in [-0.1, -0.05) is 0 Å². The molecular formula is C25H26N4O4. The lowest BCUT2D eigenvalue weighted by atomic mass is 9.84. The molecule has 170 valence electrons. The molecule has 1 N–H and O–H groups in total. The van der Waals surface area contributed by atoms with Gasteiger partial charge in [0.2, 0.25) is 5.91 Å². The van der Waals surface area contributed by atoms with E-state index in [2.05, 4.69) is 22.3 Å². The molecule has 8 heteroatoms. The number of rotatable bonds is 4. The number of amides is 1. The molecule has 1 unspecified atom stereocenters. The zero-order valence-corrected chi connectivity index (χ0v) is 18.5. The number of fused-ring (bicyclic) bond motifs is 2. The highest BCUT2D eigenvalue weighted by molar-refractivity contribution is 6.19. The van der Waals surface area contributed by atoms with Gasteiger partial charge in [0, 0.05) is 24.8 Å². The first kappa shape index (κ1) is 21.2. The van der Waals surface area contributed by atoms with Crippen molar-refractivity contribution in [3.63, 3.8) is 0 Å². The molecule has 0 aromatic heterocycles. The summed E-state index contributed by atoms with van der Waals surface area (Å²) in [7, 11) is 1.42. The second-order valence-electron chi connectivity index (χ2n) is 8.68. The normalized spacial score (nSPS) is 20.0. The zero-order valence-electron chi connectivity index (χ0n) is 18.5. The summed E-state index contributed by atoms with van der Waals surface area (Å²) < 4.78 is 5.23. The molecule has 1 aliphatic carbocycles. The number of hydrogen-bond acceptors (Lipinski definition) is 6. The Bertz CT molecular complexity index is 1180. The Hall–Kier alpha value is -3.68. The predicted molar refractivity (Wildman–Crippen MR) is 129 cm³/mol. The third-order valence-electron chi connectivity index (χ3n) is 6.66. The van der Waals surface area contributed by atoms with Crippen LogP contribution in [0.3, 0.4) is 0 Å². The molecule has 2 aliphatic heterocycles. The fourth-order valence-corrected chi connectivity index (χ4v) is 4.86. The van der Waals surface area contributed by atoms with Crippen molar-refractivity contribution >= 4 is 39.9 Å². The average molecular weight is 447 g/mol. The van der Waals surface area contributed by atoms with Crippen LogP contribution in [-0.2, 0) is 4.79 Å². The zero-order chi connectivity index (χ0) is 22.9. The Morgan fingerprint density at radius 3 is 2.73 bits per heavy atom. The van der Waals surface area contributed by atoms with E-state index < -0.39 is 4.92 Å². The van der Waals surface area contributed by atoms with Gasteiger partial charge in [-0.3, -0.25) is 19.9 Å². The number of carbonyl (C=O) groups is 1. The molecule has 0 bridgehead atoms. The van der Waals surface area contributed by atoms with Gasteiger partial charge in [0.1, 0.15) is 0 Å². The van der Waals surface area contributed by atoms with Crippen molar-refractivity contribution in [2.45, 2.75) is 32.1 Å². The average Bonchev–Trinajstić information content (AvgIpc) is 2.98. The molecule has 0 radical (unpaired) electrons. The molecule has 5 rings (SSSR count). The van der Waals surface area contributed by atoms with E-state index in [4.69, 9.17) is 9.73 Å². The number of nitro groups is 1. The number of benzene rings is 2. The highest BCUT2D eigenvalue weighted by Crippen LogP contribution is 2.39. The smallest absolute Gasteiger partial charge is 0.310 e. The Labute approximate surface area is 192 Å². The van der Waals surface area contributed by atoms with Gasteiger partial charge >= 0.3 is 5.69 Å². The summed E-state index contributed by atoms with van der Waals surface area (Å²) in [5.41, 5.74) is 5.11. The second-order valence-corrected chi connectivity index (χ2v) is 8.68. The van der Waals surface area contributed by atoms with Gasteiger partial charge in [-0.05, 0) is 79.6 Å². The maximum Gasteiger partial charge on any atom is 0.310 e. The molecule has 1 amide bonds. The molecule has 1 saturated heterocycles. The first-order chi connectivity index (χ1) is 16.0. The van der Waals surface area contributed by atoms with E-state index in [0.717, 1.165) is 47.0 Å². The molecule has 2 aromatic carbocycles. The minimum atomic E-state index is -0.454. The number of aliphatic imine (C=N–C) groups is 1. The van der Waals surface area contributed by atoms with Gasteiger partial charge in [0.05, 0.1) is 35.0 Å². The van der Waals surface area contributed by atoms with Crippen molar-refractivity contribution in [1.82, 2.24) is 0 Å². The Balaban J connectivity index is 1.52. The highest BCUT2D eigenvalue weighted by atomic mass is 16.6. The van der Waals surface area contributed by atoms with Crippen LogP contribution in [0.2, 0.25) is 0 Å². The fourth-order valence-electron chi connectivity index (χ4n) is 4.86. The lowest BCUT2D eigenvalue weighted by Gasteiger charge is -2.29. The first-order valence-corrected chi connectivity index (χ1v) is 11.4. The molecule has 8 nitrogen and oxygen atoms in total. The third-order valence-corrected chi connectivity index (χ3v) is 6.66. The van der Waals surface area contributed by atoms with Crippen molar-refractivity contribution in [2.24, 2.45) is 10.9 Å². The van der Waals surface area contributed by atoms with Crippen molar-refractivity contribution in [1.29, 1.82) is 0 Å². The summed E-state index contributed by atoms with van der Waals surface area (Å²) in [6.45, 7) is 2.08. The third kappa shape index (κ3) is 4.08. The van der Waals surface area contributed by atoms with Gasteiger partial charge in [-0.2, -0.15) is 0 Å². The quantitative estimate of drug-likeness (QED) is 0.520. The molecule has 2 heterocycles. The summed E-state index contributed by atoms with van der Waals surface area (Å²) in [6.07, 6.45) is 6.90. The van der Waals surface area contributed by atoms with E-state index in [9.17, 15) is 14.9 Å². The summed E-state index contributed by atoms with van der Waals surface area (Å²) in [4.78, 5) is 31.0. The minimum absolute atomic E-state index is 0.0465. The Morgan fingerprint density at radius 2 is 1.97 bits per heavy atom.